The third kappa shape index (κ3) is 11.4. The molecule has 8 heteroatoms. The summed E-state index contributed by atoms with van der Waals surface area (Å²) in [5.41, 5.74) is 15.9. The molecule has 0 fully saturated rings. The van der Waals surface area contributed by atoms with Crippen LogP contribution in [0.2, 0.25) is 0 Å². The number of aromatic nitrogens is 4. The van der Waals surface area contributed by atoms with E-state index in [2.05, 4.69) is 134 Å². The molecular formula is C50H80N8. The summed E-state index contributed by atoms with van der Waals surface area (Å²) in [6, 6.07) is 0. The highest BCUT2D eigenvalue weighted by Gasteiger charge is 2.17. The second kappa shape index (κ2) is 22.7. The molecule has 0 aliphatic carbocycles. The van der Waals surface area contributed by atoms with Crippen LogP contribution >= 0.6 is 0 Å². The molecule has 5 rings (SSSR count). The Morgan fingerprint density at radius 2 is 0.828 bits per heavy atom. The zero-order valence-corrected chi connectivity index (χ0v) is 38.3. The van der Waals surface area contributed by atoms with Crippen molar-refractivity contribution in [3.05, 3.63) is 88.7 Å². The molecular weight excluding hydrogens is 713 g/mol. The summed E-state index contributed by atoms with van der Waals surface area (Å²) in [6.45, 7) is 34.0. The van der Waals surface area contributed by atoms with Gasteiger partial charge in [0.2, 0.25) is 0 Å². The summed E-state index contributed by atoms with van der Waals surface area (Å²) in [4.78, 5) is 21.0. The molecule has 0 saturated carbocycles. The highest BCUT2D eigenvalue weighted by molar-refractivity contribution is 5.65. The van der Waals surface area contributed by atoms with Gasteiger partial charge in [0, 0.05) is 44.2 Å². The molecule has 8 nitrogen and oxygen atoms in total. The fourth-order valence-electron chi connectivity index (χ4n) is 9.26. The largest absolute Gasteiger partial charge is 0.355 e. The third-order valence-electron chi connectivity index (χ3n) is 13.0. The fourth-order valence-corrected chi connectivity index (χ4v) is 9.26. The Hall–Kier alpha value is -3.56. The fraction of sp³-hybridized carbons (Fsp3) is 0.600. The summed E-state index contributed by atoms with van der Waals surface area (Å²) >= 11 is 0. The maximum absolute atomic E-state index is 3.99. The van der Waals surface area contributed by atoms with E-state index in [4.69, 9.17) is 0 Å². The van der Waals surface area contributed by atoms with Crippen LogP contribution in [0.4, 0.5) is 0 Å². The molecule has 4 aromatic heterocycles. The molecule has 0 saturated heterocycles. The summed E-state index contributed by atoms with van der Waals surface area (Å²) in [5, 5.41) is 11.8. The molecule has 0 unspecified atom stereocenters. The van der Waals surface area contributed by atoms with Gasteiger partial charge in [0.15, 0.2) is 0 Å². The number of fused-ring (bicyclic) bond motifs is 8. The van der Waals surface area contributed by atoms with Crippen molar-refractivity contribution in [1.82, 2.24) is 40.4 Å². The Balaban J connectivity index is 1.58. The molecule has 0 amide bonds. The molecule has 320 valence electrons. The number of unbranched alkanes of at least 4 members (excludes halogenated alkanes) is 2. The van der Waals surface area contributed by atoms with E-state index in [0.717, 1.165) is 90.9 Å². The van der Waals surface area contributed by atoms with Gasteiger partial charge in [-0.25, -0.2) is 0 Å². The van der Waals surface area contributed by atoms with E-state index in [1.54, 1.807) is 0 Å². The maximum Gasteiger partial charge on any atom is 0.0441 e. The monoisotopic (exact) mass is 793 g/mol. The second-order valence-electron chi connectivity index (χ2n) is 16.7. The first-order chi connectivity index (χ1) is 28.2. The van der Waals surface area contributed by atoms with Crippen molar-refractivity contribution in [3.63, 3.8) is 0 Å². The van der Waals surface area contributed by atoms with Crippen LogP contribution in [0.1, 0.15) is 147 Å². The van der Waals surface area contributed by atoms with Crippen LogP contribution in [0.15, 0.2) is 0 Å². The molecule has 6 N–H and O–H groups in total. The first-order valence-electron chi connectivity index (χ1n) is 23.3. The topological polar surface area (TPSA) is 93.7 Å². The average molecular weight is 793 g/mol. The number of nitrogens with one attached hydrogen (secondary N) is 6. The van der Waals surface area contributed by atoms with Crippen molar-refractivity contribution in [2.75, 3.05) is 65.4 Å². The van der Waals surface area contributed by atoms with Crippen LogP contribution < -0.4 is 32.0 Å². The number of rotatable bonds is 24. The van der Waals surface area contributed by atoms with Crippen LogP contribution in [-0.4, -0.2) is 95.2 Å². The van der Waals surface area contributed by atoms with Crippen LogP contribution in [-0.2, 0) is 25.7 Å². The Morgan fingerprint density at radius 3 is 1.34 bits per heavy atom. The molecule has 58 heavy (non-hydrogen) atoms. The van der Waals surface area contributed by atoms with E-state index in [1.807, 2.05) is 0 Å². The molecule has 0 aromatic carbocycles. The molecule has 1 aliphatic heterocycles. The molecule has 8 bridgehead atoms. The zero-order chi connectivity index (χ0) is 41.6. The summed E-state index contributed by atoms with van der Waals surface area (Å²) < 4.78 is 0. The van der Waals surface area contributed by atoms with Crippen molar-refractivity contribution in [1.29, 1.82) is 0 Å². The summed E-state index contributed by atoms with van der Waals surface area (Å²) in [5.74, 6) is 0. The van der Waals surface area contributed by atoms with E-state index < -0.39 is 0 Å². The first-order valence-corrected chi connectivity index (χ1v) is 23.3. The zero-order valence-electron chi connectivity index (χ0n) is 38.3. The van der Waals surface area contributed by atoms with Gasteiger partial charge in [0.1, 0.15) is 0 Å². The van der Waals surface area contributed by atoms with E-state index >= 15 is 0 Å². The number of aromatic amines is 4. The number of nitrogens with zero attached hydrogens (tertiary/aromatic N) is 2. The number of hydrogen-bond acceptors (Lipinski definition) is 4. The third-order valence-corrected chi connectivity index (χ3v) is 13.0. The Kier molecular flexibility index (Phi) is 17.8. The van der Waals surface area contributed by atoms with E-state index in [0.29, 0.717) is 0 Å². The lowest BCUT2D eigenvalue weighted by Crippen LogP contribution is -2.27. The van der Waals surface area contributed by atoms with Crippen LogP contribution in [0.3, 0.4) is 0 Å². The van der Waals surface area contributed by atoms with E-state index in [-0.39, 0.29) is 0 Å². The van der Waals surface area contributed by atoms with Crippen molar-refractivity contribution < 1.29 is 0 Å². The quantitative estimate of drug-likeness (QED) is 0.0416. The van der Waals surface area contributed by atoms with E-state index in [1.165, 1.54) is 127 Å². The maximum atomic E-state index is 3.99. The molecule has 0 radical (unpaired) electrons. The van der Waals surface area contributed by atoms with Gasteiger partial charge in [-0.15, -0.1) is 0 Å². The summed E-state index contributed by atoms with van der Waals surface area (Å²) in [7, 11) is 0. The average Bonchev–Trinajstić information content (AvgIpc) is 3.88. The first kappa shape index (κ1) is 45.5. The summed E-state index contributed by atoms with van der Waals surface area (Å²) in [6.07, 6.45) is 20.9. The Morgan fingerprint density at radius 1 is 0.414 bits per heavy atom. The standard InChI is InChI=1S/C50H80N8/c1-11-39-35(7)43-31-44-37(9)41(23-21-29-57(15-5)27-19-17-25-51-13-3)49(55-44)34-50-42(24-22-30-58(16-6)28-20-18-26-52-14-4)38(10)46(56-50)33-48-40(12-2)36(8)45(54-48)32-47(39)53-43/h31-34,51-56H,11-30H2,1-10H3. The lowest BCUT2D eigenvalue weighted by molar-refractivity contribution is 0.278. The number of H-pyrrole nitrogens is 4. The molecule has 5 heterocycles. The molecule has 0 spiro atoms. The molecule has 0 atom stereocenters. The van der Waals surface area contributed by atoms with Gasteiger partial charge in [-0.05, 0) is 226 Å². The highest BCUT2D eigenvalue weighted by Crippen LogP contribution is 2.24. The Labute approximate surface area is 351 Å². The van der Waals surface area contributed by atoms with Crippen molar-refractivity contribution in [2.45, 2.75) is 133 Å². The van der Waals surface area contributed by atoms with Crippen molar-refractivity contribution in [3.8, 4) is 0 Å². The highest BCUT2D eigenvalue weighted by atomic mass is 15.1. The minimum absolute atomic E-state index is 0.984. The van der Waals surface area contributed by atoms with Crippen molar-refractivity contribution >= 4 is 24.3 Å². The predicted octanol–water partition coefficient (Wildman–Crippen LogP) is 6.27. The smallest absolute Gasteiger partial charge is 0.0441 e. The minimum Gasteiger partial charge on any atom is -0.355 e. The van der Waals surface area contributed by atoms with Gasteiger partial charge in [-0.3, -0.25) is 0 Å². The van der Waals surface area contributed by atoms with Gasteiger partial charge in [-0.1, -0.05) is 41.5 Å². The second-order valence-corrected chi connectivity index (χ2v) is 16.7. The van der Waals surface area contributed by atoms with Crippen LogP contribution in [0.25, 0.3) is 24.3 Å². The molecule has 4 aromatic rings. The Bertz CT molecular complexity index is 2140. The van der Waals surface area contributed by atoms with Crippen molar-refractivity contribution in [2.24, 2.45) is 0 Å². The van der Waals surface area contributed by atoms with Gasteiger partial charge < -0.3 is 40.4 Å². The van der Waals surface area contributed by atoms with Gasteiger partial charge in [0.05, 0.1) is 0 Å². The predicted molar refractivity (Wildman–Crippen MR) is 250 cm³/mol. The lowest BCUT2D eigenvalue weighted by atomic mass is 10.0. The normalized spacial score (nSPS) is 12.6. The van der Waals surface area contributed by atoms with Crippen LogP contribution in [0.5, 0.6) is 0 Å². The van der Waals surface area contributed by atoms with Gasteiger partial charge >= 0.3 is 0 Å². The minimum atomic E-state index is 0.984. The van der Waals surface area contributed by atoms with Gasteiger partial charge in [0.25, 0.3) is 0 Å². The SMILES string of the molecule is CCNCCCCN(CC)CCCc1c2[nH]c(c1C)C=c1[nH]c(c(C)c1CC)=Cc1[nH]c(c(C)c1CC)C=c1[nH]c(c(CCCN(CC)CCCCNCC)c1C)=C2. The lowest BCUT2D eigenvalue weighted by Gasteiger charge is -2.20. The molecule has 1 aliphatic rings. The van der Waals surface area contributed by atoms with Crippen LogP contribution in [0, 0.1) is 27.7 Å². The van der Waals surface area contributed by atoms with E-state index in [9.17, 15) is 0 Å². The number of hydrogen-bond donors (Lipinski definition) is 6. The van der Waals surface area contributed by atoms with Gasteiger partial charge in [-0.2, -0.15) is 0 Å².